The lowest BCUT2D eigenvalue weighted by Gasteiger charge is -2.18. The molecule has 0 radical (unpaired) electrons. The maximum absolute atomic E-state index is 11.8. The van der Waals surface area contributed by atoms with E-state index in [1.807, 2.05) is 26.0 Å². The summed E-state index contributed by atoms with van der Waals surface area (Å²) in [6.45, 7) is 6.05. The van der Waals surface area contributed by atoms with Gasteiger partial charge in [0.2, 0.25) is 0 Å². The van der Waals surface area contributed by atoms with Crippen molar-refractivity contribution in [1.29, 1.82) is 0 Å². The molecule has 2 rings (SSSR count). The summed E-state index contributed by atoms with van der Waals surface area (Å²) in [5.74, 6) is -0.0963. The highest BCUT2D eigenvalue weighted by molar-refractivity contribution is 5.93. The Morgan fingerprint density at radius 3 is 2.76 bits per heavy atom. The second kappa shape index (κ2) is 5.17. The summed E-state index contributed by atoms with van der Waals surface area (Å²) in [7, 11) is 0. The van der Waals surface area contributed by atoms with Crippen molar-refractivity contribution in [3.63, 3.8) is 0 Å². The molecule has 1 aromatic rings. The molecule has 17 heavy (non-hydrogen) atoms. The highest BCUT2D eigenvalue weighted by atomic mass is 16.1. The number of aromatic nitrogens is 1. The van der Waals surface area contributed by atoms with Gasteiger partial charge in [-0.2, -0.15) is 0 Å². The van der Waals surface area contributed by atoms with E-state index >= 15 is 0 Å². The summed E-state index contributed by atoms with van der Waals surface area (Å²) in [6.07, 6.45) is 4.18. The SMILES string of the molecule is CC(C)NC(=O)c1cc(N2CCCC2)ccn1. The number of carbonyl (C=O) groups is 1. The van der Waals surface area contributed by atoms with Crippen molar-refractivity contribution in [2.75, 3.05) is 18.0 Å². The van der Waals surface area contributed by atoms with Crippen molar-refractivity contribution in [1.82, 2.24) is 10.3 Å². The molecule has 1 fully saturated rings. The molecule has 2 heterocycles. The Kier molecular flexibility index (Phi) is 3.61. The number of nitrogens with one attached hydrogen (secondary N) is 1. The van der Waals surface area contributed by atoms with E-state index in [2.05, 4.69) is 15.2 Å². The fraction of sp³-hybridized carbons (Fsp3) is 0.538. The molecule has 0 bridgehead atoms. The minimum atomic E-state index is -0.0963. The summed E-state index contributed by atoms with van der Waals surface area (Å²) in [6, 6.07) is 3.99. The van der Waals surface area contributed by atoms with Crippen LogP contribution in [-0.4, -0.2) is 30.0 Å². The Morgan fingerprint density at radius 1 is 1.41 bits per heavy atom. The molecule has 1 aromatic heterocycles. The van der Waals surface area contributed by atoms with Gasteiger partial charge in [0.15, 0.2) is 0 Å². The molecule has 1 amide bonds. The van der Waals surface area contributed by atoms with Crippen LogP contribution in [0.3, 0.4) is 0 Å². The number of hydrogen-bond donors (Lipinski definition) is 1. The predicted molar refractivity (Wildman–Crippen MR) is 68.3 cm³/mol. The zero-order chi connectivity index (χ0) is 12.3. The Labute approximate surface area is 102 Å². The number of nitrogens with zero attached hydrogens (tertiary/aromatic N) is 2. The predicted octanol–water partition coefficient (Wildman–Crippen LogP) is 1.82. The first kappa shape index (κ1) is 11.9. The van der Waals surface area contributed by atoms with Crippen LogP contribution in [0.4, 0.5) is 5.69 Å². The van der Waals surface area contributed by atoms with Gasteiger partial charge in [0, 0.05) is 31.0 Å². The number of anilines is 1. The quantitative estimate of drug-likeness (QED) is 0.866. The van der Waals surface area contributed by atoms with Crippen LogP contribution >= 0.6 is 0 Å². The molecule has 4 nitrogen and oxygen atoms in total. The van der Waals surface area contributed by atoms with Gasteiger partial charge in [-0.25, -0.2) is 0 Å². The Balaban J connectivity index is 2.13. The largest absolute Gasteiger partial charge is 0.371 e. The number of rotatable bonds is 3. The first-order valence-electron chi connectivity index (χ1n) is 6.18. The molecule has 0 atom stereocenters. The van der Waals surface area contributed by atoms with Crippen molar-refractivity contribution < 1.29 is 4.79 Å². The minimum absolute atomic E-state index is 0.0963. The van der Waals surface area contributed by atoms with Crippen molar-refractivity contribution in [2.24, 2.45) is 0 Å². The summed E-state index contributed by atoms with van der Waals surface area (Å²) in [4.78, 5) is 18.3. The smallest absolute Gasteiger partial charge is 0.270 e. The molecule has 0 aromatic carbocycles. The van der Waals surface area contributed by atoms with Gasteiger partial charge in [-0.15, -0.1) is 0 Å². The molecule has 1 N–H and O–H groups in total. The molecule has 0 unspecified atom stereocenters. The normalized spacial score (nSPS) is 15.4. The zero-order valence-corrected chi connectivity index (χ0v) is 10.4. The Morgan fingerprint density at radius 2 is 2.12 bits per heavy atom. The van der Waals surface area contributed by atoms with Crippen LogP contribution in [-0.2, 0) is 0 Å². The fourth-order valence-electron chi connectivity index (χ4n) is 2.05. The monoisotopic (exact) mass is 233 g/mol. The van der Waals surface area contributed by atoms with Crippen molar-refractivity contribution in [3.05, 3.63) is 24.0 Å². The van der Waals surface area contributed by atoms with Crippen LogP contribution in [0.1, 0.15) is 37.2 Å². The van der Waals surface area contributed by atoms with Gasteiger partial charge in [-0.05, 0) is 38.8 Å². The average molecular weight is 233 g/mol. The molecule has 92 valence electrons. The van der Waals surface area contributed by atoms with Crippen LogP contribution < -0.4 is 10.2 Å². The van der Waals surface area contributed by atoms with E-state index in [0.717, 1.165) is 18.8 Å². The maximum Gasteiger partial charge on any atom is 0.270 e. The summed E-state index contributed by atoms with van der Waals surface area (Å²) in [5, 5.41) is 2.86. The first-order valence-corrected chi connectivity index (χ1v) is 6.18. The topological polar surface area (TPSA) is 45.2 Å². The van der Waals surface area contributed by atoms with E-state index in [1.165, 1.54) is 12.8 Å². The average Bonchev–Trinajstić information content (AvgIpc) is 2.82. The van der Waals surface area contributed by atoms with Crippen molar-refractivity contribution >= 4 is 11.6 Å². The molecule has 1 saturated heterocycles. The molecule has 0 aliphatic carbocycles. The zero-order valence-electron chi connectivity index (χ0n) is 10.4. The lowest BCUT2D eigenvalue weighted by molar-refractivity contribution is 0.0938. The van der Waals surface area contributed by atoms with E-state index in [4.69, 9.17) is 0 Å². The van der Waals surface area contributed by atoms with E-state index in [0.29, 0.717) is 5.69 Å². The summed E-state index contributed by atoms with van der Waals surface area (Å²) < 4.78 is 0. The van der Waals surface area contributed by atoms with Gasteiger partial charge < -0.3 is 10.2 Å². The third kappa shape index (κ3) is 2.96. The fourth-order valence-corrected chi connectivity index (χ4v) is 2.05. The molecule has 1 aliphatic rings. The third-order valence-corrected chi connectivity index (χ3v) is 2.87. The first-order chi connectivity index (χ1) is 8.16. The highest BCUT2D eigenvalue weighted by Gasteiger charge is 2.15. The van der Waals surface area contributed by atoms with Crippen molar-refractivity contribution in [3.8, 4) is 0 Å². The second-order valence-electron chi connectivity index (χ2n) is 4.72. The second-order valence-corrected chi connectivity index (χ2v) is 4.72. The number of carbonyl (C=O) groups excluding carboxylic acids is 1. The highest BCUT2D eigenvalue weighted by Crippen LogP contribution is 2.19. The van der Waals surface area contributed by atoms with Gasteiger partial charge in [0.25, 0.3) is 5.91 Å². The van der Waals surface area contributed by atoms with Crippen LogP contribution in [0.15, 0.2) is 18.3 Å². The number of amides is 1. The van der Waals surface area contributed by atoms with Gasteiger partial charge in [-0.3, -0.25) is 9.78 Å². The lowest BCUT2D eigenvalue weighted by atomic mass is 10.2. The molecular weight excluding hydrogens is 214 g/mol. The van der Waals surface area contributed by atoms with Crippen LogP contribution in [0.5, 0.6) is 0 Å². The maximum atomic E-state index is 11.8. The van der Waals surface area contributed by atoms with Crippen molar-refractivity contribution in [2.45, 2.75) is 32.7 Å². The minimum Gasteiger partial charge on any atom is -0.371 e. The lowest BCUT2D eigenvalue weighted by Crippen LogP contribution is -2.31. The Bertz CT molecular complexity index is 397. The Hall–Kier alpha value is -1.58. The van der Waals surface area contributed by atoms with Gasteiger partial charge in [0.05, 0.1) is 0 Å². The van der Waals surface area contributed by atoms with Crippen LogP contribution in [0.2, 0.25) is 0 Å². The van der Waals surface area contributed by atoms with Crippen LogP contribution in [0.25, 0.3) is 0 Å². The summed E-state index contributed by atoms with van der Waals surface area (Å²) >= 11 is 0. The van der Waals surface area contributed by atoms with Crippen LogP contribution in [0, 0.1) is 0 Å². The summed E-state index contributed by atoms with van der Waals surface area (Å²) in [5.41, 5.74) is 1.61. The molecular formula is C13H19N3O. The van der Waals surface area contributed by atoms with Gasteiger partial charge >= 0.3 is 0 Å². The standard InChI is InChI=1S/C13H19N3O/c1-10(2)15-13(17)12-9-11(5-6-14-12)16-7-3-4-8-16/h5-6,9-10H,3-4,7-8H2,1-2H3,(H,15,17). The molecule has 1 aliphatic heterocycles. The van der Waals surface area contributed by atoms with E-state index in [-0.39, 0.29) is 11.9 Å². The van der Waals surface area contributed by atoms with E-state index in [9.17, 15) is 4.79 Å². The van der Waals surface area contributed by atoms with Gasteiger partial charge in [-0.1, -0.05) is 0 Å². The third-order valence-electron chi connectivity index (χ3n) is 2.87. The molecule has 4 heteroatoms. The van der Waals surface area contributed by atoms with E-state index < -0.39 is 0 Å². The molecule has 0 saturated carbocycles. The van der Waals surface area contributed by atoms with Gasteiger partial charge in [0.1, 0.15) is 5.69 Å². The molecule has 0 spiro atoms. The number of hydrogen-bond acceptors (Lipinski definition) is 3. The number of pyridine rings is 1. The van der Waals surface area contributed by atoms with E-state index in [1.54, 1.807) is 6.20 Å².